The topological polar surface area (TPSA) is 15.3 Å². The Bertz CT molecular complexity index is 452. The third-order valence-corrected chi connectivity index (χ3v) is 4.46. The van der Waals surface area contributed by atoms with Crippen molar-refractivity contribution >= 4 is 5.69 Å². The zero-order chi connectivity index (χ0) is 14.7. The van der Waals surface area contributed by atoms with E-state index >= 15 is 0 Å². The molecule has 0 amide bonds. The Morgan fingerprint density at radius 2 is 1.81 bits per heavy atom. The highest BCUT2D eigenvalue weighted by Gasteiger charge is 2.30. The van der Waals surface area contributed by atoms with Crippen LogP contribution in [0.3, 0.4) is 0 Å². The Balaban J connectivity index is 1.65. The molecule has 21 heavy (non-hydrogen) atoms. The molecule has 1 N–H and O–H groups in total. The Hall–Kier alpha value is -1.09. The average Bonchev–Trinajstić information content (AvgIpc) is 3.34. The Labute approximate surface area is 127 Å². The standard InChI is InChI=1S/C18H27FN2/c1-2-9-20-11-16-7-8-18(17(19)10-16)21(12-14-3-4-14)13-15-5-6-15/h7-8,10,14-15,20H,2-6,9,11-13H2,1H3. The predicted molar refractivity (Wildman–Crippen MR) is 86.1 cm³/mol. The highest BCUT2D eigenvalue weighted by molar-refractivity contribution is 5.49. The molecule has 0 unspecified atom stereocenters. The quantitative estimate of drug-likeness (QED) is 0.693. The van der Waals surface area contributed by atoms with Crippen LogP contribution in [0, 0.1) is 17.7 Å². The molecule has 2 aliphatic carbocycles. The molecule has 0 radical (unpaired) electrons. The van der Waals surface area contributed by atoms with Crippen molar-refractivity contribution in [3.8, 4) is 0 Å². The van der Waals surface area contributed by atoms with E-state index in [0.29, 0.717) is 0 Å². The fourth-order valence-electron chi connectivity index (χ4n) is 2.82. The van der Waals surface area contributed by atoms with E-state index in [2.05, 4.69) is 23.2 Å². The van der Waals surface area contributed by atoms with Gasteiger partial charge in [0.05, 0.1) is 5.69 Å². The smallest absolute Gasteiger partial charge is 0.146 e. The number of nitrogens with zero attached hydrogens (tertiary/aromatic N) is 1. The van der Waals surface area contributed by atoms with Gasteiger partial charge in [0.15, 0.2) is 0 Å². The van der Waals surface area contributed by atoms with Gasteiger partial charge < -0.3 is 10.2 Å². The first-order valence-electron chi connectivity index (χ1n) is 8.50. The van der Waals surface area contributed by atoms with Gasteiger partial charge in [-0.3, -0.25) is 0 Å². The number of nitrogens with one attached hydrogen (secondary N) is 1. The first-order valence-corrected chi connectivity index (χ1v) is 8.50. The molecule has 116 valence electrons. The minimum atomic E-state index is -0.0490. The molecule has 2 aliphatic rings. The van der Waals surface area contributed by atoms with Gasteiger partial charge in [0, 0.05) is 19.6 Å². The minimum Gasteiger partial charge on any atom is -0.369 e. The highest BCUT2D eigenvalue weighted by Crippen LogP contribution is 2.36. The van der Waals surface area contributed by atoms with Gasteiger partial charge in [0.1, 0.15) is 5.82 Å². The van der Waals surface area contributed by atoms with Crippen LogP contribution < -0.4 is 10.2 Å². The zero-order valence-corrected chi connectivity index (χ0v) is 13.1. The fourth-order valence-corrected chi connectivity index (χ4v) is 2.82. The van der Waals surface area contributed by atoms with Gasteiger partial charge in [-0.2, -0.15) is 0 Å². The van der Waals surface area contributed by atoms with Crippen molar-refractivity contribution in [1.29, 1.82) is 0 Å². The molecule has 0 saturated heterocycles. The number of hydrogen-bond donors (Lipinski definition) is 1. The van der Waals surface area contributed by atoms with Crippen LogP contribution in [-0.2, 0) is 6.54 Å². The molecular formula is C18H27FN2. The third kappa shape index (κ3) is 4.44. The summed E-state index contributed by atoms with van der Waals surface area (Å²) >= 11 is 0. The van der Waals surface area contributed by atoms with Crippen LogP contribution in [0.1, 0.15) is 44.6 Å². The second-order valence-corrected chi connectivity index (χ2v) is 6.75. The van der Waals surface area contributed by atoms with Crippen molar-refractivity contribution in [2.75, 3.05) is 24.5 Å². The lowest BCUT2D eigenvalue weighted by atomic mass is 10.1. The Morgan fingerprint density at radius 3 is 2.33 bits per heavy atom. The zero-order valence-electron chi connectivity index (χ0n) is 13.1. The number of anilines is 1. The van der Waals surface area contributed by atoms with Crippen molar-refractivity contribution in [3.63, 3.8) is 0 Å². The lowest BCUT2D eigenvalue weighted by Gasteiger charge is -2.25. The number of benzene rings is 1. The maximum Gasteiger partial charge on any atom is 0.146 e. The normalized spacial score (nSPS) is 18.0. The molecule has 1 aromatic rings. The maximum absolute atomic E-state index is 14.5. The Morgan fingerprint density at radius 1 is 1.14 bits per heavy atom. The molecular weight excluding hydrogens is 263 g/mol. The van der Waals surface area contributed by atoms with E-state index in [0.717, 1.165) is 55.7 Å². The first-order chi connectivity index (χ1) is 10.3. The number of rotatable bonds is 9. The van der Waals surface area contributed by atoms with Gasteiger partial charge in [-0.25, -0.2) is 4.39 Å². The largest absolute Gasteiger partial charge is 0.369 e. The summed E-state index contributed by atoms with van der Waals surface area (Å²) in [6.45, 7) is 5.97. The number of hydrogen-bond acceptors (Lipinski definition) is 2. The summed E-state index contributed by atoms with van der Waals surface area (Å²) in [5, 5.41) is 3.33. The van der Waals surface area contributed by atoms with Crippen LogP contribution in [-0.4, -0.2) is 19.6 Å². The molecule has 2 saturated carbocycles. The fraction of sp³-hybridized carbons (Fsp3) is 0.667. The molecule has 3 rings (SSSR count). The lowest BCUT2D eigenvalue weighted by molar-refractivity contribution is 0.597. The van der Waals surface area contributed by atoms with E-state index in [4.69, 9.17) is 0 Å². The van der Waals surface area contributed by atoms with E-state index in [1.165, 1.54) is 25.7 Å². The summed E-state index contributed by atoms with van der Waals surface area (Å²) in [6.07, 6.45) is 6.39. The van der Waals surface area contributed by atoms with Crippen LogP contribution in [0.4, 0.5) is 10.1 Å². The van der Waals surface area contributed by atoms with Gasteiger partial charge in [0.2, 0.25) is 0 Å². The summed E-state index contributed by atoms with van der Waals surface area (Å²) in [6, 6.07) is 5.78. The second kappa shape index (κ2) is 6.78. The SMILES string of the molecule is CCCNCc1ccc(N(CC2CC2)CC2CC2)c(F)c1. The van der Waals surface area contributed by atoms with Crippen LogP contribution in [0.2, 0.25) is 0 Å². The van der Waals surface area contributed by atoms with Crippen molar-refractivity contribution in [2.24, 2.45) is 11.8 Å². The lowest BCUT2D eigenvalue weighted by Crippen LogP contribution is -2.29. The molecule has 0 aliphatic heterocycles. The van der Waals surface area contributed by atoms with Crippen LogP contribution >= 0.6 is 0 Å². The van der Waals surface area contributed by atoms with Crippen molar-refractivity contribution in [1.82, 2.24) is 5.32 Å². The van der Waals surface area contributed by atoms with Crippen LogP contribution in [0.5, 0.6) is 0 Å². The van der Waals surface area contributed by atoms with Gasteiger partial charge in [-0.1, -0.05) is 13.0 Å². The monoisotopic (exact) mass is 290 g/mol. The maximum atomic E-state index is 14.5. The van der Waals surface area contributed by atoms with Gasteiger partial charge in [-0.05, 0) is 68.2 Å². The average molecular weight is 290 g/mol. The summed E-state index contributed by atoms with van der Waals surface area (Å²) in [5.74, 6) is 1.55. The minimum absolute atomic E-state index is 0.0490. The summed E-state index contributed by atoms with van der Waals surface area (Å²) in [5.41, 5.74) is 1.86. The molecule has 1 aromatic carbocycles. The molecule has 0 bridgehead atoms. The Kier molecular flexibility index (Phi) is 4.79. The second-order valence-electron chi connectivity index (χ2n) is 6.75. The highest BCUT2D eigenvalue weighted by atomic mass is 19.1. The van der Waals surface area contributed by atoms with Crippen LogP contribution in [0.15, 0.2) is 18.2 Å². The third-order valence-electron chi connectivity index (χ3n) is 4.46. The van der Waals surface area contributed by atoms with E-state index in [-0.39, 0.29) is 5.82 Å². The van der Waals surface area contributed by atoms with Crippen molar-refractivity contribution in [2.45, 2.75) is 45.6 Å². The molecule has 0 aromatic heterocycles. The van der Waals surface area contributed by atoms with Crippen molar-refractivity contribution in [3.05, 3.63) is 29.6 Å². The molecule has 2 nitrogen and oxygen atoms in total. The van der Waals surface area contributed by atoms with Crippen LogP contribution in [0.25, 0.3) is 0 Å². The number of halogens is 1. The summed E-state index contributed by atoms with van der Waals surface area (Å²) in [7, 11) is 0. The molecule has 0 spiro atoms. The predicted octanol–water partition coefficient (Wildman–Crippen LogP) is 3.95. The van der Waals surface area contributed by atoms with Crippen molar-refractivity contribution < 1.29 is 4.39 Å². The molecule has 2 fully saturated rings. The van der Waals surface area contributed by atoms with Gasteiger partial charge in [-0.15, -0.1) is 0 Å². The first kappa shape index (κ1) is 14.8. The van der Waals surface area contributed by atoms with E-state index in [1.807, 2.05) is 6.07 Å². The van der Waals surface area contributed by atoms with Gasteiger partial charge in [0.25, 0.3) is 0 Å². The summed E-state index contributed by atoms with van der Waals surface area (Å²) < 4.78 is 14.5. The molecule has 0 heterocycles. The van der Waals surface area contributed by atoms with E-state index < -0.39 is 0 Å². The summed E-state index contributed by atoms with van der Waals surface area (Å²) in [4.78, 5) is 2.30. The van der Waals surface area contributed by atoms with Gasteiger partial charge >= 0.3 is 0 Å². The molecule has 0 atom stereocenters. The van der Waals surface area contributed by atoms with E-state index in [9.17, 15) is 4.39 Å². The van der Waals surface area contributed by atoms with E-state index in [1.54, 1.807) is 6.07 Å². The molecule has 3 heteroatoms.